The molecule has 0 saturated heterocycles. The molecule has 2 rings (SSSR count). The van der Waals surface area contributed by atoms with Gasteiger partial charge in [0.05, 0.1) is 5.69 Å². The summed E-state index contributed by atoms with van der Waals surface area (Å²) in [4.78, 5) is 4.58. The molecule has 0 unspecified atom stereocenters. The molecule has 2 aromatic heterocycles. The average Bonchev–Trinajstić information content (AvgIpc) is 2.41. The van der Waals surface area contributed by atoms with E-state index in [1.165, 1.54) is 5.56 Å². The van der Waals surface area contributed by atoms with Gasteiger partial charge in [0.2, 0.25) is 0 Å². The van der Waals surface area contributed by atoms with Crippen LogP contribution in [-0.2, 0) is 0 Å². The van der Waals surface area contributed by atoms with Crippen molar-refractivity contribution < 1.29 is 0 Å². The van der Waals surface area contributed by atoms with Crippen molar-refractivity contribution in [2.45, 2.75) is 40.5 Å². The Morgan fingerprint density at radius 2 is 1.87 bits per heavy atom. The Morgan fingerprint density at radius 3 is 2.47 bits per heavy atom. The van der Waals surface area contributed by atoms with Crippen molar-refractivity contribution in [2.75, 3.05) is 0 Å². The molecule has 0 fully saturated rings. The molecule has 0 aliphatic rings. The summed E-state index contributed by atoms with van der Waals surface area (Å²) in [6.07, 6.45) is 0. The first kappa shape index (κ1) is 10.1. The lowest BCUT2D eigenvalue weighted by molar-refractivity contribution is 0.860. The molecule has 3 nitrogen and oxygen atoms in total. The Kier molecular flexibility index (Phi) is 2.25. The van der Waals surface area contributed by atoms with E-state index in [0.717, 1.165) is 22.7 Å². The van der Waals surface area contributed by atoms with E-state index < -0.39 is 0 Å². The van der Waals surface area contributed by atoms with Crippen LogP contribution in [0.15, 0.2) is 6.07 Å². The lowest BCUT2D eigenvalue weighted by Gasteiger charge is -2.04. The summed E-state index contributed by atoms with van der Waals surface area (Å²) in [6.45, 7) is 10.5. The average molecular weight is 203 g/mol. The molecule has 2 aromatic rings. The molecule has 0 aliphatic heterocycles. The molecule has 0 N–H and O–H groups in total. The second-order valence-electron chi connectivity index (χ2n) is 4.43. The van der Waals surface area contributed by atoms with Gasteiger partial charge >= 0.3 is 0 Å². The number of rotatable bonds is 1. The van der Waals surface area contributed by atoms with Gasteiger partial charge in [-0.3, -0.25) is 0 Å². The predicted octanol–water partition coefficient (Wildman–Crippen LogP) is 2.78. The van der Waals surface area contributed by atoms with Crippen LogP contribution in [0.25, 0.3) is 5.65 Å². The lowest BCUT2D eigenvalue weighted by atomic mass is 10.0. The highest BCUT2D eigenvalue weighted by Gasteiger charge is 2.14. The van der Waals surface area contributed by atoms with Crippen LogP contribution < -0.4 is 0 Å². The summed E-state index contributed by atoms with van der Waals surface area (Å²) in [5.74, 6) is 0.469. The van der Waals surface area contributed by atoms with Gasteiger partial charge < -0.3 is 0 Å². The largest absolute Gasteiger partial charge is 0.234 e. The Balaban J connectivity index is 2.86. The first-order chi connectivity index (χ1) is 7.00. The fourth-order valence-corrected chi connectivity index (χ4v) is 2.12. The third-order valence-electron chi connectivity index (χ3n) is 2.69. The van der Waals surface area contributed by atoms with Crippen molar-refractivity contribution >= 4 is 5.65 Å². The number of hydrogen-bond donors (Lipinski definition) is 0. The van der Waals surface area contributed by atoms with Crippen molar-refractivity contribution in [3.8, 4) is 0 Å². The molecule has 80 valence electrons. The lowest BCUT2D eigenvalue weighted by Crippen LogP contribution is -1.98. The molecular weight excluding hydrogens is 186 g/mol. The molecule has 0 spiro atoms. The van der Waals surface area contributed by atoms with Crippen molar-refractivity contribution in [1.29, 1.82) is 0 Å². The van der Waals surface area contributed by atoms with Gasteiger partial charge in [-0.15, -0.1) is 0 Å². The van der Waals surface area contributed by atoms with Crippen LogP contribution in [-0.4, -0.2) is 14.6 Å². The van der Waals surface area contributed by atoms with E-state index in [-0.39, 0.29) is 0 Å². The van der Waals surface area contributed by atoms with E-state index in [2.05, 4.69) is 43.8 Å². The number of aryl methyl sites for hydroxylation is 3. The fraction of sp³-hybridized carbons (Fsp3) is 0.500. The molecule has 0 atom stereocenters. The predicted molar refractivity (Wildman–Crippen MR) is 61.3 cm³/mol. The zero-order chi connectivity index (χ0) is 11.2. The quantitative estimate of drug-likeness (QED) is 0.713. The number of aromatic nitrogens is 3. The summed E-state index contributed by atoms with van der Waals surface area (Å²) in [7, 11) is 0. The van der Waals surface area contributed by atoms with E-state index in [1.807, 2.05) is 11.4 Å². The molecule has 2 heterocycles. The van der Waals surface area contributed by atoms with Crippen LogP contribution in [0, 0.1) is 20.8 Å². The van der Waals surface area contributed by atoms with Crippen molar-refractivity contribution in [3.05, 3.63) is 28.7 Å². The third kappa shape index (κ3) is 1.52. The van der Waals surface area contributed by atoms with Gasteiger partial charge in [0, 0.05) is 17.0 Å². The summed E-state index contributed by atoms with van der Waals surface area (Å²) in [5.41, 5.74) is 5.57. The summed E-state index contributed by atoms with van der Waals surface area (Å²) in [6, 6.07) is 2.06. The van der Waals surface area contributed by atoms with Crippen LogP contribution in [0.4, 0.5) is 0 Å². The topological polar surface area (TPSA) is 30.2 Å². The first-order valence-electron chi connectivity index (χ1n) is 5.34. The monoisotopic (exact) mass is 203 g/mol. The zero-order valence-electron chi connectivity index (χ0n) is 10.00. The fourth-order valence-electron chi connectivity index (χ4n) is 2.12. The van der Waals surface area contributed by atoms with Gasteiger partial charge in [-0.05, 0) is 32.8 Å². The third-order valence-corrected chi connectivity index (χ3v) is 2.69. The summed E-state index contributed by atoms with van der Waals surface area (Å²) >= 11 is 0. The summed E-state index contributed by atoms with van der Waals surface area (Å²) in [5, 5.41) is 4.53. The minimum Gasteiger partial charge on any atom is -0.234 e. The maximum absolute atomic E-state index is 4.58. The molecule has 0 amide bonds. The number of nitrogens with zero attached hydrogens (tertiary/aromatic N) is 3. The highest BCUT2D eigenvalue weighted by molar-refractivity contribution is 5.52. The van der Waals surface area contributed by atoms with Gasteiger partial charge in [0.15, 0.2) is 5.65 Å². The maximum Gasteiger partial charge on any atom is 0.159 e. The van der Waals surface area contributed by atoms with Crippen LogP contribution in [0.2, 0.25) is 0 Å². The van der Waals surface area contributed by atoms with E-state index >= 15 is 0 Å². The molecular formula is C12H17N3. The second-order valence-corrected chi connectivity index (χ2v) is 4.43. The van der Waals surface area contributed by atoms with Gasteiger partial charge in [0.1, 0.15) is 0 Å². The Morgan fingerprint density at radius 1 is 1.20 bits per heavy atom. The Hall–Kier alpha value is -1.38. The van der Waals surface area contributed by atoms with Crippen LogP contribution in [0.1, 0.15) is 42.4 Å². The van der Waals surface area contributed by atoms with Gasteiger partial charge in [-0.1, -0.05) is 13.8 Å². The molecule has 0 bridgehead atoms. The van der Waals surface area contributed by atoms with Crippen molar-refractivity contribution in [3.63, 3.8) is 0 Å². The summed E-state index contributed by atoms with van der Waals surface area (Å²) < 4.78 is 1.94. The molecule has 3 heteroatoms. The van der Waals surface area contributed by atoms with Crippen molar-refractivity contribution in [2.24, 2.45) is 0 Å². The molecule has 0 radical (unpaired) electrons. The zero-order valence-corrected chi connectivity index (χ0v) is 10.00. The van der Waals surface area contributed by atoms with E-state index in [0.29, 0.717) is 5.92 Å². The standard InChI is InChI=1S/C12H17N3/c1-7(2)11-10(5)14-15-9(4)6-8(3)13-12(11)15/h6-7H,1-5H3. The highest BCUT2D eigenvalue weighted by Crippen LogP contribution is 2.23. The van der Waals surface area contributed by atoms with Gasteiger partial charge in [-0.25, -0.2) is 9.50 Å². The smallest absolute Gasteiger partial charge is 0.159 e. The SMILES string of the molecule is Cc1cc(C)n2nc(C)c(C(C)C)c2n1. The van der Waals surface area contributed by atoms with E-state index in [1.54, 1.807) is 0 Å². The van der Waals surface area contributed by atoms with Crippen LogP contribution in [0.3, 0.4) is 0 Å². The Labute approximate surface area is 90.1 Å². The first-order valence-corrected chi connectivity index (χ1v) is 5.34. The van der Waals surface area contributed by atoms with E-state index in [4.69, 9.17) is 0 Å². The molecule has 0 aliphatic carbocycles. The van der Waals surface area contributed by atoms with Gasteiger partial charge in [0.25, 0.3) is 0 Å². The Bertz CT molecular complexity index is 509. The minimum atomic E-state index is 0.469. The number of hydrogen-bond acceptors (Lipinski definition) is 2. The molecule has 0 saturated carbocycles. The van der Waals surface area contributed by atoms with Crippen molar-refractivity contribution in [1.82, 2.24) is 14.6 Å². The van der Waals surface area contributed by atoms with Crippen LogP contribution >= 0.6 is 0 Å². The van der Waals surface area contributed by atoms with E-state index in [9.17, 15) is 0 Å². The van der Waals surface area contributed by atoms with Gasteiger partial charge in [-0.2, -0.15) is 5.10 Å². The number of fused-ring (bicyclic) bond motifs is 1. The molecule has 0 aromatic carbocycles. The maximum atomic E-state index is 4.58. The normalized spacial score (nSPS) is 11.6. The van der Waals surface area contributed by atoms with Crippen LogP contribution in [0.5, 0.6) is 0 Å². The highest BCUT2D eigenvalue weighted by atomic mass is 15.3. The minimum absolute atomic E-state index is 0.469. The molecule has 15 heavy (non-hydrogen) atoms. The second kappa shape index (κ2) is 3.33.